The highest BCUT2D eigenvalue weighted by Crippen LogP contribution is 2.27. The van der Waals surface area contributed by atoms with Gasteiger partial charge in [-0.25, -0.2) is 22.7 Å². The fraction of sp³-hybridized carbons (Fsp3) is 0.200. The van der Waals surface area contributed by atoms with Gasteiger partial charge in [0.25, 0.3) is 5.56 Å². The van der Waals surface area contributed by atoms with Gasteiger partial charge in [-0.3, -0.25) is 4.79 Å². The van der Waals surface area contributed by atoms with Crippen molar-refractivity contribution in [2.45, 2.75) is 13.0 Å². The molecule has 31 heavy (non-hydrogen) atoms. The lowest BCUT2D eigenvalue weighted by Crippen LogP contribution is -2.41. The van der Waals surface area contributed by atoms with Gasteiger partial charge in [0.05, 0.1) is 16.8 Å². The molecule has 2 amide bonds. The van der Waals surface area contributed by atoms with E-state index in [9.17, 15) is 22.4 Å². The molecule has 4 N–H and O–H groups in total. The van der Waals surface area contributed by atoms with Crippen LogP contribution in [-0.4, -0.2) is 36.6 Å². The van der Waals surface area contributed by atoms with Crippen LogP contribution in [0.4, 0.5) is 14.9 Å². The number of urea groups is 1. The van der Waals surface area contributed by atoms with Gasteiger partial charge in [0, 0.05) is 23.8 Å². The second kappa shape index (κ2) is 9.04. The number of anilines is 1. The number of carbonyl (C=O) groups excluding carboxylic acids is 1. The van der Waals surface area contributed by atoms with Gasteiger partial charge in [0.2, 0.25) is 10.0 Å². The lowest BCUT2D eigenvalue weighted by Gasteiger charge is -2.30. The van der Waals surface area contributed by atoms with E-state index in [-0.39, 0.29) is 22.8 Å². The number of halogens is 2. The van der Waals surface area contributed by atoms with Crippen molar-refractivity contribution in [1.29, 1.82) is 0 Å². The number of benzene rings is 2. The van der Waals surface area contributed by atoms with Gasteiger partial charge in [0.1, 0.15) is 5.82 Å². The van der Waals surface area contributed by atoms with Crippen molar-refractivity contribution in [3.05, 3.63) is 75.4 Å². The Bertz CT molecular complexity index is 1300. The maximum absolute atomic E-state index is 13.4. The Balaban J connectivity index is 1.98. The van der Waals surface area contributed by atoms with Crippen LogP contribution in [0.15, 0.2) is 53.5 Å². The van der Waals surface area contributed by atoms with E-state index in [4.69, 9.17) is 16.7 Å². The fourth-order valence-corrected chi connectivity index (χ4v) is 3.84. The van der Waals surface area contributed by atoms with E-state index in [1.807, 2.05) is 0 Å². The molecule has 0 radical (unpaired) electrons. The number of aromatic nitrogens is 1. The van der Waals surface area contributed by atoms with Crippen LogP contribution in [-0.2, 0) is 10.0 Å². The Hall–Kier alpha value is -2.95. The number of fused-ring (bicyclic) bond motifs is 1. The molecule has 2 aromatic carbocycles. The predicted molar refractivity (Wildman–Crippen MR) is 118 cm³/mol. The van der Waals surface area contributed by atoms with Crippen LogP contribution >= 0.6 is 11.6 Å². The van der Waals surface area contributed by atoms with Crippen LogP contribution < -0.4 is 16.0 Å². The standard InChI is InChI=1S/C20H20ClFN4O4S/c1-12(16-11-24-19(27)15-5-3-2-4-14(15)16)26(8-9-31(23,29)30)20(28)25-13-6-7-18(22)17(21)10-13/h2-7,10-12H,8-9H2,1H3,(H,24,27)(H,25,28)(H2,23,29,30)/t12-/m1/s1. The van der Waals surface area contributed by atoms with Crippen molar-refractivity contribution in [3.8, 4) is 0 Å². The number of nitrogens with one attached hydrogen (secondary N) is 2. The third-order valence-corrected chi connectivity index (χ3v) is 5.85. The average Bonchev–Trinajstić information content (AvgIpc) is 2.70. The van der Waals surface area contributed by atoms with E-state index in [2.05, 4.69) is 10.3 Å². The van der Waals surface area contributed by atoms with E-state index in [0.29, 0.717) is 16.3 Å². The zero-order valence-corrected chi connectivity index (χ0v) is 18.0. The number of amides is 2. The average molecular weight is 467 g/mol. The zero-order chi connectivity index (χ0) is 22.8. The summed E-state index contributed by atoms with van der Waals surface area (Å²) in [6.07, 6.45) is 1.49. The highest BCUT2D eigenvalue weighted by molar-refractivity contribution is 7.89. The number of hydrogen-bond donors (Lipinski definition) is 3. The number of sulfonamides is 1. The lowest BCUT2D eigenvalue weighted by atomic mass is 10.0. The molecular weight excluding hydrogens is 447 g/mol. The number of nitrogens with two attached hydrogens (primary N) is 1. The lowest BCUT2D eigenvalue weighted by molar-refractivity contribution is 0.197. The van der Waals surface area contributed by atoms with Crippen molar-refractivity contribution < 1.29 is 17.6 Å². The molecule has 0 aliphatic rings. The normalized spacial score (nSPS) is 12.5. The van der Waals surface area contributed by atoms with Crippen LogP contribution in [0.25, 0.3) is 10.8 Å². The van der Waals surface area contributed by atoms with Gasteiger partial charge in [-0.1, -0.05) is 29.8 Å². The highest BCUT2D eigenvalue weighted by atomic mass is 35.5. The van der Waals surface area contributed by atoms with Gasteiger partial charge < -0.3 is 15.2 Å². The van der Waals surface area contributed by atoms with Gasteiger partial charge in [-0.15, -0.1) is 0 Å². The zero-order valence-electron chi connectivity index (χ0n) is 16.4. The van der Waals surface area contributed by atoms with Crippen LogP contribution in [0.1, 0.15) is 18.5 Å². The monoisotopic (exact) mass is 466 g/mol. The third kappa shape index (κ3) is 5.40. The van der Waals surface area contributed by atoms with Gasteiger partial charge in [-0.05, 0) is 42.1 Å². The molecule has 0 bridgehead atoms. The molecule has 1 atom stereocenters. The molecule has 3 rings (SSSR count). The molecule has 0 saturated heterocycles. The summed E-state index contributed by atoms with van der Waals surface area (Å²) in [5.41, 5.74) is 0.556. The summed E-state index contributed by atoms with van der Waals surface area (Å²) in [7, 11) is -3.85. The molecule has 0 aliphatic carbocycles. The topological polar surface area (TPSA) is 125 Å². The summed E-state index contributed by atoms with van der Waals surface area (Å²) in [5, 5.41) is 8.60. The molecule has 0 unspecified atom stereocenters. The number of pyridine rings is 1. The van der Waals surface area contributed by atoms with E-state index in [1.54, 1.807) is 31.2 Å². The minimum absolute atomic E-state index is 0.173. The third-order valence-electron chi connectivity index (χ3n) is 4.81. The second-order valence-corrected chi connectivity index (χ2v) is 9.06. The molecule has 8 nitrogen and oxygen atoms in total. The van der Waals surface area contributed by atoms with E-state index in [1.165, 1.54) is 23.2 Å². The van der Waals surface area contributed by atoms with Crippen LogP contribution in [0.5, 0.6) is 0 Å². The number of primary sulfonamides is 1. The summed E-state index contributed by atoms with van der Waals surface area (Å²) in [4.78, 5) is 29.0. The van der Waals surface area contributed by atoms with Crippen LogP contribution in [0, 0.1) is 5.82 Å². The predicted octanol–water partition coefficient (Wildman–Crippen LogP) is 3.20. The van der Waals surface area contributed by atoms with Gasteiger partial charge >= 0.3 is 6.03 Å². The van der Waals surface area contributed by atoms with E-state index >= 15 is 0 Å². The van der Waals surface area contributed by atoms with E-state index < -0.39 is 33.7 Å². The Morgan fingerprint density at radius 1 is 1.26 bits per heavy atom. The molecule has 0 aliphatic heterocycles. The minimum atomic E-state index is -3.85. The first-order valence-electron chi connectivity index (χ1n) is 9.20. The molecule has 0 saturated carbocycles. The molecule has 3 aromatic rings. The van der Waals surface area contributed by atoms with Crippen molar-refractivity contribution in [2.24, 2.45) is 5.14 Å². The summed E-state index contributed by atoms with van der Waals surface area (Å²) in [6.45, 7) is 1.48. The maximum atomic E-state index is 13.4. The molecule has 1 heterocycles. The molecule has 0 fully saturated rings. The maximum Gasteiger partial charge on any atom is 0.322 e. The Morgan fingerprint density at radius 2 is 1.94 bits per heavy atom. The number of H-pyrrole nitrogens is 1. The van der Waals surface area contributed by atoms with Crippen molar-refractivity contribution in [2.75, 3.05) is 17.6 Å². The first kappa shape index (κ1) is 22.7. The Labute approximate surface area is 182 Å². The highest BCUT2D eigenvalue weighted by Gasteiger charge is 2.25. The molecule has 1 aromatic heterocycles. The molecule has 164 valence electrons. The summed E-state index contributed by atoms with van der Waals surface area (Å²) in [5.74, 6) is -1.12. The number of hydrogen-bond acceptors (Lipinski definition) is 4. The van der Waals surface area contributed by atoms with Crippen LogP contribution in [0.3, 0.4) is 0 Å². The number of rotatable bonds is 6. The van der Waals surface area contributed by atoms with Gasteiger partial charge in [0.15, 0.2) is 0 Å². The summed E-state index contributed by atoms with van der Waals surface area (Å²) < 4.78 is 36.5. The Kier molecular flexibility index (Phi) is 6.63. The quantitative estimate of drug-likeness (QED) is 0.515. The van der Waals surface area contributed by atoms with Crippen molar-refractivity contribution in [3.63, 3.8) is 0 Å². The summed E-state index contributed by atoms with van der Waals surface area (Å²) in [6, 6.07) is 9.26. The Morgan fingerprint density at radius 3 is 2.58 bits per heavy atom. The molecule has 11 heteroatoms. The fourth-order valence-electron chi connectivity index (χ4n) is 3.21. The smallest absolute Gasteiger partial charge is 0.322 e. The first-order valence-corrected chi connectivity index (χ1v) is 11.3. The van der Waals surface area contributed by atoms with Gasteiger partial charge in [-0.2, -0.15) is 0 Å². The van der Waals surface area contributed by atoms with Crippen molar-refractivity contribution >= 4 is 44.1 Å². The number of aromatic amines is 1. The molecule has 0 spiro atoms. The minimum Gasteiger partial charge on any atom is -0.328 e. The summed E-state index contributed by atoms with van der Waals surface area (Å²) >= 11 is 5.77. The number of carbonyl (C=O) groups is 1. The first-order chi connectivity index (χ1) is 14.6. The SMILES string of the molecule is C[C@H](c1c[nH]c(=O)c2ccccc12)N(CCS(N)(=O)=O)C(=O)Nc1ccc(F)c(Cl)c1. The van der Waals surface area contributed by atoms with Crippen LogP contribution in [0.2, 0.25) is 5.02 Å². The van der Waals surface area contributed by atoms with E-state index in [0.717, 1.165) is 6.07 Å². The largest absolute Gasteiger partial charge is 0.328 e. The van der Waals surface area contributed by atoms with Crippen molar-refractivity contribution in [1.82, 2.24) is 9.88 Å². The molecular formula is C20H20ClFN4O4S. The number of nitrogens with zero attached hydrogens (tertiary/aromatic N) is 1. The second-order valence-electron chi connectivity index (χ2n) is 6.91.